The molecule has 2 aromatic heterocycles. The van der Waals surface area contributed by atoms with E-state index in [4.69, 9.17) is 19.2 Å². The largest absolute Gasteiger partial charge is 0.489 e. The second kappa shape index (κ2) is 14.6. The van der Waals surface area contributed by atoms with Gasteiger partial charge in [0.15, 0.2) is 6.10 Å². The molecule has 0 unspecified atom stereocenters. The van der Waals surface area contributed by atoms with Crippen molar-refractivity contribution in [1.82, 2.24) is 24.8 Å². The first-order chi connectivity index (χ1) is 23.2. The number of aryl methyl sites for hydroxylation is 1. The average Bonchev–Trinajstić information content (AvgIpc) is 3.08. The molecule has 48 heavy (non-hydrogen) atoms. The minimum absolute atomic E-state index is 0.167. The van der Waals surface area contributed by atoms with Gasteiger partial charge in [-0.2, -0.15) is 10.2 Å². The molecule has 3 saturated heterocycles. The molecule has 3 aliphatic heterocycles. The average molecular weight is 665 g/mol. The van der Waals surface area contributed by atoms with E-state index < -0.39 is 18.4 Å². The number of nitrogens with zero attached hydrogens (tertiary/aromatic N) is 7. The van der Waals surface area contributed by atoms with Gasteiger partial charge in [0, 0.05) is 63.9 Å². The Morgan fingerprint density at radius 3 is 2.50 bits per heavy atom. The van der Waals surface area contributed by atoms with Crippen LogP contribution >= 0.6 is 0 Å². The number of alkyl halides is 2. The molecule has 3 fully saturated rings. The number of nitrogens with one attached hydrogen (secondary N) is 1. The van der Waals surface area contributed by atoms with Crippen molar-refractivity contribution in [2.24, 2.45) is 0 Å². The first-order valence-electron chi connectivity index (χ1n) is 15.9. The second-order valence-corrected chi connectivity index (χ2v) is 12.0. The van der Waals surface area contributed by atoms with Gasteiger partial charge in [-0.15, -0.1) is 0 Å². The van der Waals surface area contributed by atoms with Gasteiger partial charge in [-0.3, -0.25) is 9.69 Å². The number of likely N-dealkylation sites (tertiary alicyclic amines) is 1. The highest BCUT2D eigenvalue weighted by atomic mass is 19.3. The minimum atomic E-state index is -3.13. The number of rotatable bonds is 10. The fourth-order valence-electron chi connectivity index (χ4n) is 6.10. The second-order valence-electron chi connectivity index (χ2n) is 12.0. The third kappa shape index (κ3) is 7.25. The van der Waals surface area contributed by atoms with Crippen molar-refractivity contribution in [2.45, 2.75) is 44.4 Å². The third-order valence-electron chi connectivity index (χ3n) is 8.95. The summed E-state index contributed by atoms with van der Waals surface area (Å²) in [5, 5.41) is 22.5. The Morgan fingerprint density at radius 1 is 1.10 bits per heavy atom. The summed E-state index contributed by atoms with van der Waals surface area (Å²) in [7, 11) is 1.60. The zero-order valence-corrected chi connectivity index (χ0v) is 26.8. The standard InChI is InChI=1S/C33H38F2N8O5/c1-20-17-37-33(39-27-6-4-25(31(38-27)46-2)42-13-11-41(12-14-42)23-18-47-19-23)40-28(20)21-3-5-26(22(15-21)16-36)48-24-7-9-43(10-8-24)32(45)29(44)30(34)35/h3-6,15,17,23-24,29-30,44H,7-14,18-19H2,1-2H3,(H,37,38,39,40)/t29-/m1/s1. The van der Waals surface area contributed by atoms with E-state index in [0.29, 0.717) is 59.1 Å². The van der Waals surface area contributed by atoms with Gasteiger partial charge >= 0.3 is 0 Å². The maximum absolute atomic E-state index is 12.7. The number of amides is 1. The minimum Gasteiger partial charge on any atom is -0.489 e. The first kappa shape index (κ1) is 33.3. The highest BCUT2D eigenvalue weighted by molar-refractivity contribution is 5.81. The number of benzene rings is 1. The quantitative estimate of drug-likeness (QED) is 0.328. The summed E-state index contributed by atoms with van der Waals surface area (Å²) >= 11 is 0. The Morgan fingerprint density at radius 2 is 1.85 bits per heavy atom. The van der Waals surface area contributed by atoms with Crippen LogP contribution in [-0.4, -0.2) is 120 Å². The summed E-state index contributed by atoms with van der Waals surface area (Å²) in [5.41, 5.74) is 3.34. The van der Waals surface area contributed by atoms with Gasteiger partial charge in [-0.1, -0.05) is 0 Å². The van der Waals surface area contributed by atoms with E-state index in [9.17, 15) is 23.9 Å². The zero-order valence-electron chi connectivity index (χ0n) is 26.8. The smallest absolute Gasteiger partial charge is 0.273 e. The molecule has 6 rings (SSSR count). The summed E-state index contributed by atoms with van der Waals surface area (Å²) in [6, 6.07) is 11.8. The number of halogens is 2. The lowest BCUT2D eigenvalue weighted by molar-refractivity contribution is -0.150. The topological polar surface area (TPSA) is 149 Å². The number of anilines is 3. The monoisotopic (exact) mass is 664 g/mol. The van der Waals surface area contributed by atoms with Gasteiger partial charge < -0.3 is 34.4 Å². The van der Waals surface area contributed by atoms with Crippen LogP contribution in [0.15, 0.2) is 36.5 Å². The predicted molar refractivity (Wildman–Crippen MR) is 172 cm³/mol. The maximum atomic E-state index is 12.7. The molecule has 2 N–H and O–H groups in total. The number of piperidine rings is 1. The molecule has 3 aliphatic rings. The molecule has 0 aliphatic carbocycles. The van der Waals surface area contributed by atoms with Crippen molar-refractivity contribution in [3.05, 3.63) is 47.7 Å². The summed E-state index contributed by atoms with van der Waals surface area (Å²) in [6.07, 6.45) is -3.34. The van der Waals surface area contributed by atoms with Crippen LogP contribution in [0.25, 0.3) is 11.3 Å². The molecular formula is C33H38F2N8O5. The fraction of sp³-hybridized carbons (Fsp3) is 0.485. The fourth-order valence-corrected chi connectivity index (χ4v) is 6.10. The van der Waals surface area contributed by atoms with E-state index in [2.05, 4.69) is 31.2 Å². The van der Waals surface area contributed by atoms with Crippen LogP contribution in [0.5, 0.6) is 11.6 Å². The van der Waals surface area contributed by atoms with Crippen molar-refractivity contribution in [1.29, 1.82) is 5.26 Å². The number of aliphatic hydroxyl groups excluding tert-OH is 1. The van der Waals surface area contributed by atoms with E-state index in [1.165, 1.54) is 4.90 Å². The number of carbonyl (C=O) groups excluding carboxylic acids is 1. The molecule has 0 saturated carbocycles. The Bertz CT molecular complexity index is 1650. The van der Waals surface area contributed by atoms with Crippen molar-refractivity contribution in [2.75, 3.05) is 69.8 Å². The number of aliphatic hydroxyl groups is 1. The molecular weight excluding hydrogens is 626 g/mol. The number of piperazine rings is 1. The summed E-state index contributed by atoms with van der Waals surface area (Å²) in [5.74, 6) is 0.736. The van der Waals surface area contributed by atoms with Gasteiger partial charge in [-0.25, -0.2) is 18.7 Å². The number of aromatic nitrogens is 3. The van der Waals surface area contributed by atoms with Crippen LogP contribution in [0.1, 0.15) is 24.0 Å². The SMILES string of the molecule is COc1nc(Nc2ncc(C)c(-c3ccc(OC4CCN(C(=O)[C@H](O)C(F)F)CC4)c(C#N)c3)n2)ccc1N1CCN(C2COC2)CC1. The van der Waals surface area contributed by atoms with Crippen molar-refractivity contribution < 1.29 is 32.9 Å². The maximum Gasteiger partial charge on any atom is 0.273 e. The molecule has 3 aromatic rings. The molecule has 15 heteroatoms. The number of carbonyl (C=O) groups is 1. The van der Waals surface area contributed by atoms with Crippen LogP contribution in [-0.2, 0) is 9.53 Å². The first-order valence-corrected chi connectivity index (χ1v) is 15.9. The third-order valence-corrected chi connectivity index (χ3v) is 8.95. The Labute approximate surface area is 277 Å². The van der Waals surface area contributed by atoms with Crippen molar-refractivity contribution in [3.63, 3.8) is 0 Å². The number of nitriles is 1. The molecule has 254 valence electrons. The van der Waals surface area contributed by atoms with Gasteiger partial charge in [0.25, 0.3) is 12.3 Å². The van der Waals surface area contributed by atoms with E-state index in [1.807, 2.05) is 19.1 Å². The lowest BCUT2D eigenvalue weighted by atomic mass is 10.0. The van der Waals surface area contributed by atoms with Crippen LogP contribution in [0.2, 0.25) is 0 Å². The van der Waals surface area contributed by atoms with Crippen molar-refractivity contribution in [3.8, 4) is 29.0 Å². The predicted octanol–water partition coefficient (Wildman–Crippen LogP) is 2.99. The van der Waals surface area contributed by atoms with Gasteiger partial charge in [-0.05, 0) is 42.8 Å². The normalized spacial score (nSPS) is 18.3. The van der Waals surface area contributed by atoms with Crippen LogP contribution in [0.4, 0.5) is 26.2 Å². The van der Waals surface area contributed by atoms with Gasteiger partial charge in [0.05, 0.1) is 37.6 Å². The number of pyridine rings is 1. The lowest BCUT2D eigenvalue weighted by Gasteiger charge is -2.43. The number of hydrogen-bond acceptors (Lipinski definition) is 12. The number of ether oxygens (including phenoxy) is 3. The summed E-state index contributed by atoms with van der Waals surface area (Å²) < 4.78 is 42.6. The highest BCUT2D eigenvalue weighted by Gasteiger charge is 2.33. The number of methoxy groups -OCH3 is 1. The van der Waals surface area contributed by atoms with E-state index >= 15 is 0 Å². The molecule has 13 nitrogen and oxygen atoms in total. The van der Waals surface area contributed by atoms with E-state index in [1.54, 1.807) is 31.5 Å². The molecule has 0 radical (unpaired) electrons. The Hall–Kier alpha value is -4.65. The molecule has 0 bridgehead atoms. The van der Waals surface area contributed by atoms with Crippen LogP contribution in [0, 0.1) is 18.3 Å². The molecule has 1 amide bonds. The summed E-state index contributed by atoms with van der Waals surface area (Å²) in [6.45, 7) is 7.48. The van der Waals surface area contributed by atoms with Crippen LogP contribution in [0.3, 0.4) is 0 Å². The van der Waals surface area contributed by atoms with Crippen molar-refractivity contribution >= 4 is 23.4 Å². The Balaban J connectivity index is 1.11. The number of hydrogen-bond donors (Lipinski definition) is 2. The van der Waals surface area contributed by atoms with Crippen LogP contribution < -0.4 is 19.7 Å². The molecule has 1 atom stereocenters. The highest BCUT2D eigenvalue weighted by Crippen LogP contribution is 2.32. The van der Waals surface area contributed by atoms with E-state index in [-0.39, 0.29) is 19.2 Å². The molecule has 5 heterocycles. The summed E-state index contributed by atoms with van der Waals surface area (Å²) in [4.78, 5) is 31.8. The van der Waals surface area contributed by atoms with Gasteiger partial charge in [0.1, 0.15) is 29.4 Å². The molecule has 1 aromatic carbocycles. The molecule has 0 spiro atoms. The van der Waals surface area contributed by atoms with Gasteiger partial charge in [0.2, 0.25) is 11.8 Å². The zero-order chi connectivity index (χ0) is 33.8. The van der Waals surface area contributed by atoms with E-state index in [0.717, 1.165) is 50.6 Å². The lowest BCUT2D eigenvalue weighted by Crippen LogP contribution is -2.56. The Kier molecular flexibility index (Phi) is 10.1.